The van der Waals surface area contributed by atoms with Gasteiger partial charge in [0.15, 0.2) is 0 Å². The Hall–Kier alpha value is -4.61. The number of rotatable bonds is 7. The highest BCUT2D eigenvalue weighted by molar-refractivity contribution is 6.62. The van der Waals surface area contributed by atoms with Gasteiger partial charge in [-0.25, -0.2) is 19.2 Å². The minimum Gasteiger partial charge on any atom is -0.444 e. The number of aliphatic imine (C=N–C) groups is 1. The number of pyridine rings is 1. The Kier molecular flexibility index (Phi) is 10.1. The van der Waals surface area contributed by atoms with Crippen molar-refractivity contribution in [1.29, 1.82) is 5.41 Å². The van der Waals surface area contributed by atoms with E-state index in [9.17, 15) is 18.8 Å². The summed E-state index contributed by atoms with van der Waals surface area (Å²) in [5.74, 6) is -1.61. The van der Waals surface area contributed by atoms with Crippen LogP contribution in [0.3, 0.4) is 0 Å². The number of nitrogens with one attached hydrogen (secondary N) is 3. The van der Waals surface area contributed by atoms with Gasteiger partial charge in [0.1, 0.15) is 22.9 Å². The Morgan fingerprint density at radius 2 is 1.88 bits per heavy atom. The lowest BCUT2D eigenvalue weighted by molar-refractivity contribution is -0.110. The van der Waals surface area contributed by atoms with E-state index in [2.05, 4.69) is 20.6 Å². The maximum atomic E-state index is 13.1. The molecule has 0 saturated carbocycles. The number of carbonyl (C=O) groups is 3. The maximum absolute atomic E-state index is 13.1. The second-order valence-electron chi connectivity index (χ2n) is 10.1. The van der Waals surface area contributed by atoms with Gasteiger partial charge in [0.2, 0.25) is 0 Å². The van der Waals surface area contributed by atoms with Gasteiger partial charge in [-0.2, -0.15) is 0 Å². The molecular formula is C28H34FN7O4. The molecule has 0 bridgehead atoms. The zero-order valence-corrected chi connectivity index (χ0v) is 23.0. The summed E-state index contributed by atoms with van der Waals surface area (Å²) in [5.41, 5.74) is 0.419. The third-order valence-corrected chi connectivity index (χ3v) is 5.68. The highest BCUT2D eigenvalue weighted by atomic mass is 19.1. The largest absolute Gasteiger partial charge is 0.444 e. The molecule has 0 radical (unpaired) electrons. The standard InChI is InChI=1S/C28H34FN7O4/c1-19-6-8-22(21(16-19)25(37)34-24-9-7-20(29)18-32-24)33-26(38)23(17-30)31-10-13-35-11-5-12-36(15-14-35)27(39)40-28(2,3)4/h6-10,13,16-18,30H,5,11-12,14-15H2,1-4H3,(H,33,38)(H,32,34,37)/b13-10+,30-17?,31-23+. The summed E-state index contributed by atoms with van der Waals surface area (Å²) in [5, 5.41) is 12.9. The van der Waals surface area contributed by atoms with E-state index in [1.165, 1.54) is 18.3 Å². The van der Waals surface area contributed by atoms with Crippen LogP contribution in [0.5, 0.6) is 0 Å². The maximum Gasteiger partial charge on any atom is 0.410 e. The summed E-state index contributed by atoms with van der Waals surface area (Å²) in [6, 6.07) is 7.39. The molecule has 11 nitrogen and oxygen atoms in total. The number of aryl methyl sites for hydroxylation is 1. The normalized spacial score (nSPS) is 14.5. The molecule has 12 heteroatoms. The highest BCUT2D eigenvalue weighted by Gasteiger charge is 2.24. The van der Waals surface area contributed by atoms with Crippen LogP contribution in [0.25, 0.3) is 0 Å². The summed E-state index contributed by atoms with van der Waals surface area (Å²) in [4.78, 5) is 49.7. The third-order valence-electron chi connectivity index (χ3n) is 5.68. The van der Waals surface area contributed by atoms with E-state index in [0.717, 1.165) is 24.4 Å². The van der Waals surface area contributed by atoms with Gasteiger partial charge in [0.25, 0.3) is 11.8 Å². The van der Waals surface area contributed by atoms with Crippen molar-refractivity contribution in [1.82, 2.24) is 14.8 Å². The van der Waals surface area contributed by atoms with E-state index in [0.29, 0.717) is 26.2 Å². The van der Waals surface area contributed by atoms with Crippen molar-refractivity contribution >= 4 is 41.3 Å². The van der Waals surface area contributed by atoms with Gasteiger partial charge in [0, 0.05) is 44.8 Å². The number of halogens is 1. The van der Waals surface area contributed by atoms with Crippen LogP contribution < -0.4 is 10.6 Å². The summed E-state index contributed by atoms with van der Waals surface area (Å²) in [7, 11) is 0. The van der Waals surface area contributed by atoms with Gasteiger partial charge in [-0.05, 0) is 58.4 Å². The first-order valence-electron chi connectivity index (χ1n) is 12.8. The van der Waals surface area contributed by atoms with Crippen LogP contribution in [0.15, 0.2) is 53.9 Å². The molecule has 3 rings (SSSR count). The van der Waals surface area contributed by atoms with Gasteiger partial charge in [-0.15, -0.1) is 0 Å². The van der Waals surface area contributed by atoms with Crippen molar-refractivity contribution < 1.29 is 23.5 Å². The number of aromatic nitrogens is 1. The predicted octanol–water partition coefficient (Wildman–Crippen LogP) is 4.22. The molecule has 1 aromatic carbocycles. The number of hydrogen-bond donors (Lipinski definition) is 3. The van der Waals surface area contributed by atoms with Crippen LogP contribution in [0, 0.1) is 18.2 Å². The second-order valence-corrected chi connectivity index (χ2v) is 10.1. The molecule has 2 heterocycles. The van der Waals surface area contributed by atoms with Gasteiger partial charge in [-0.1, -0.05) is 11.6 Å². The second kappa shape index (κ2) is 13.5. The molecule has 0 spiro atoms. The number of nitrogens with zero attached hydrogens (tertiary/aromatic N) is 4. The van der Waals surface area contributed by atoms with E-state index >= 15 is 0 Å². The Labute approximate surface area is 232 Å². The van der Waals surface area contributed by atoms with E-state index in [4.69, 9.17) is 10.1 Å². The van der Waals surface area contributed by atoms with Gasteiger partial charge in [0.05, 0.1) is 17.4 Å². The molecular weight excluding hydrogens is 517 g/mol. The summed E-state index contributed by atoms with van der Waals surface area (Å²) in [6.07, 6.45) is 5.32. The minimum atomic E-state index is -0.676. The Morgan fingerprint density at radius 1 is 1.10 bits per heavy atom. The molecule has 1 aromatic heterocycles. The molecule has 3 amide bonds. The predicted molar refractivity (Wildman–Crippen MR) is 151 cm³/mol. The lowest BCUT2D eigenvalue weighted by Gasteiger charge is -2.26. The van der Waals surface area contributed by atoms with Crippen molar-refractivity contribution in [2.24, 2.45) is 4.99 Å². The molecule has 3 N–H and O–H groups in total. The molecule has 0 unspecified atom stereocenters. The molecule has 1 aliphatic rings. The fourth-order valence-electron chi connectivity index (χ4n) is 3.74. The fraction of sp³-hybridized carbons (Fsp3) is 0.357. The van der Waals surface area contributed by atoms with Crippen molar-refractivity contribution in [3.63, 3.8) is 0 Å². The summed E-state index contributed by atoms with van der Waals surface area (Å²) < 4.78 is 18.6. The lowest BCUT2D eigenvalue weighted by Crippen LogP contribution is -2.38. The zero-order chi connectivity index (χ0) is 29.3. The summed E-state index contributed by atoms with van der Waals surface area (Å²) in [6.45, 7) is 9.56. The smallest absolute Gasteiger partial charge is 0.410 e. The zero-order valence-electron chi connectivity index (χ0n) is 23.0. The van der Waals surface area contributed by atoms with Crippen LogP contribution in [0.4, 0.5) is 20.7 Å². The van der Waals surface area contributed by atoms with Crippen LogP contribution in [-0.4, -0.2) is 76.4 Å². The Balaban J connectivity index is 1.64. The van der Waals surface area contributed by atoms with Gasteiger partial charge >= 0.3 is 6.09 Å². The number of carbonyl (C=O) groups excluding carboxylic acids is 3. The first-order chi connectivity index (χ1) is 18.9. The topological polar surface area (TPSA) is 140 Å². The van der Waals surface area contributed by atoms with Crippen LogP contribution >= 0.6 is 0 Å². The lowest BCUT2D eigenvalue weighted by atomic mass is 10.1. The van der Waals surface area contributed by atoms with E-state index in [1.807, 2.05) is 25.7 Å². The van der Waals surface area contributed by atoms with Crippen molar-refractivity contribution in [3.8, 4) is 0 Å². The first kappa shape index (κ1) is 29.9. The molecule has 1 aliphatic heterocycles. The van der Waals surface area contributed by atoms with Crippen molar-refractivity contribution in [2.75, 3.05) is 36.8 Å². The quantitative estimate of drug-likeness (QED) is 0.440. The number of hydrogen-bond acceptors (Lipinski definition) is 8. The molecule has 0 aliphatic carbocycles. The van der Waals surface area contributed by atoms with Gasteiger partial charge in [-0.3, -0.25) is 9.59 Å². The number of benzene rings is 1. The van der Waals surface area contributed by atoms with E-state index in [1.54, 1.807) is 36.2 Å². The van der Waals surface area contributed by atoms with E-state index in [-0.39, 0.29) is 28.9 Å². The molecule has 212 valence electrons. The SMILES string of the molecule is Cc1ccc(NC(=O)/C(C=N)=N/C=C/N2CCCN(C(=O)OC(C)(C)C)CC2)c(C(=O)Nc2ccc(F)cn2)c1. The molecule has 0 atom stereocenters. The molecule has 40 heavy (non-hydrogen) atoms. The first-order valence-corrected chi connectivity index (χ1v) is 12.8. The number of amides is 3. The molecule has 2 aromatic rings. The summed E-state index contributed by atoms with van der Waals surface area (Å²) >= 11 is 0. The van der Waals surface area contributed by atoms with Crippen molar-refractivity contribution in [3.05, 3.63) is 65.9 Å². The van der Waals surface area contributed by atoms with Gasteiger partial charge < -0.3 is 30.6 Å². The van der Waals surface area contributed by atoms with Crippen LogP contribution in [-0.2, 0) is 9.53 Å². The van der Waals surface area contributed by atoms with E-state index < -0.39 is 23.2 Å². The number of anilines is 2. The van der Waals surface area contributed by atoms with Crippen molar-refractivity contribution in [2.45, 2.75) is 39.7 Å². The fourth-order valence-corrected chi connectivity index (χ4v) is 3.74. The average molecular weight is 552 g/mol. The molecule has 1 fully saturated rings. The monoisotopic (exact) mass is 551 g/mol. The number of ether oxygens (including phenoxy) is 1. The average Bonchev–Trinajstić information content (AvgIpc) is 3.14. The molecule has 1 saturated heterocycles. The Morgan fingerprint density at radius 3 is 2.55 bits per heavy atom. The third kappa shape index (κ3) is 9.00. The van der Waals surface area contributed by atoms with Crippen LogP contribution in [0.2, 0.25) is 0 Å². The minimum absolute atomic E-state index is 0.153. The van der Waals surface area contributed by atoms with Crippen LogP contribution in [0.1, 0.15) is 43.1 Å². The Bertz CT molecular complexity index is 1300. The highest BCUT2D eigenvalue weighted by Crippen LogP contribution is 2.19.